The van der Waals surface area contributed by atoms with E-state index in [2.05, 4.69) is 89.4 Å². The summed E-state index contributed by atoms with van der Waals surface area (Å²) in [5.74, 6) is -2.24. The zero-order valence-electron chi connectivity index (χ0n) is 20.0. The molecule has 0 bridgehead atoms. The van der Waals surface area contributed by atoms with Crippen LogP contribution >= 0.6 is 0 Å². The number of hydrogen-bond acceptors (Lipinski definition) is 0. The first-order chi connectivity index (χ1) is 13.7. The van der Waals surface area contributed by atoms with Gasteiger partial charge in [0.1, 0.15) is 7.05 Å². The number of hydrogen-bond donors (Lipinski definition) is 0. The highest BCUT2D eigenvalue weighted by molar-refractivity contribution is 6.89. The van der Waals surface area contributed by atoms with Crippen LogP contribution in [-0.4, -0.2) is 14.0 Å². The first-order valence-electron chi connectivity index (χ1n) is 11.2. The molecule has 0 unspecified atom stereocenters. The fourth-order valence-electron chi connectivity index (χ4n) is 4.68. The average Bonchev–Trinajstić information content (AvgIpc) is 2.60. The highest BCUT2D eigenvalue weighted by Gasteiger charge is 2.38. The summed E-state index contributed by atoms with van der Waals surface area (Å²) in [6.45, 7) is 16.0. The van der Waals surface area contributed by atoms with Crippen molar-refractivity contribution in [1.82, 2.24) is 0 Å². The van der Waals surface area contributed by atoms with Crippen molar-refractivity contribution < 1.29 is 13.3 Å². The number of rotatable bonds is 3. The summed E-state index contributed by atoms with van der Waals surface area (Å²) in [6, 6.07) is 9.17. The summed E-state index contributed by atoms with van der Waals surface area (Å²) in [5, 5.41) is 1.42. The van der Waals surface area contributed by atoms with E-state index < -0.39 is 14.0 Å². The zero-order chi connectivity index (χ0) is 22.5. The maximum atomic E-state index is 13.8. The topological polar surface area (TPSA) is 3.88 Å². The number of aryl methyl sites for hydroxylation is 2. The third-order valence-electron chi connectivity index (χ3n) is 6.64. The standard InChI is InChI=1S/C26H38F2NSi/c1-18-15-20(25(2,3)4)9-10-21(18)23-16-24(30(6,7)8)22(17-29(23)5)19-11-13-26(27,28)14-12-19/h9-10,15-17,19H,11-14H2,1-8H3/q+1. The first kappa shape index (κ1) is 23.1. The van der Waals surface area contributed by atoms with Crippen LogP contribution in [0.25, 0.3) is 11.3 Å². The highest BCUT2D eigenvalue weighted by atomic mass is 28.3. The molecule has 1 heterocycles. The average molecular weight is 431 g/mol. The molecule has 0 saturated heterocycles. The predicted octanol–water partition coefficient (Wildman–Crippen LogP) is 6.62. The normalized spacial score (nSPS) is 17.9. The summed E-state index contributed by atoms with van der Waals surface area (Å²) >= 11 is 0. The SMILES string of the molecule is Cc1cc(C(C)(C)C)ccc1-c1cc([Si](C)(C)C)c(C2CCC(F)(F)CC2)c[n+]1C. The predicted molar refractivity (Wildman–Crippen MR) is 126 cm³/mol. The number of benzene rings is 1. The Morgan fingerprint density at radius 3 is 2.13 bits per heavy atom. The van der Waals surface area contributed by atoms with Gasteiger partial charge in [0.05, 0.1) is 8.07 Å². The third-order valence-corrected chi connectivity index (χ3v) is 8.69. The van der Waals surface area contributed by atoms with Gasteiger partial charge < -0.3 is 0 Å². The minimum Gasteiger partial charge on any atom is -0.207 e. The van der Waals surface area contributed by atoms with E-state index in [9.17, 15) is 8.78 Å². The lowest BCUT2D eigenvalue weighted by Crippen LogP contribution is -2.46. The minimum atomic E-state index is -2.48. The fourth-order valence-corrected chi connectivity index (χ4v) is 6.39. The van der Waals surface area contributed by atoms with Crippen molar-refractivity contribution in [3.05, 3.63) is 47.2 Å². The van der Waals surface area contributed by atoms with Gasteiger partial charge in [-0.3, -0.25) is 0 Å². The molecule has 2 aromatic rings. The Kier molecular flexibility index (Phi) is 6.05. The summed E-state index contributed by atoms with van der Waals surface area (Å²) in [6.07, 6.45) is 3.45. The Hall–Kier alpha value is -1.55. The van der Waals surface area contributed by atoms with Gasteiger partial charge in [-0.2, -0.15) is 0 Å². The van der Waals surface area contributed by atoms with Crippen LogP contribution in [0.5, 0.6) is 0 Å². The van der Waals surface area contributed by atoms with Crippen LogP contribution in [-0.2, 0) is 12.5 Å². The molecule has 0 atom stereocenters. The van der Waals surface area contributed by atoms with E-state index in [1.54, 1.807) is 0 Å². The molecular weight excluding hydrogens is 392 g/mol. The van der Waals surface area contributed by atoms with Crippen LogP contribution in [0.3, 0.4) is 0 Å². The maximum Gasteiger partial charge on any atom is 0.248 e. The summed E-state index contributed by atoms with van der Waals surface area (Å²) in [4.78, 5) is 0. The molecule has 30 heavy (non-hydrogen) atoms. The Morgan fingerprint density at radius 2 is 1.63 bits per heavy atom. The second kappa shape index (κ2) is 7.85. The number of alkyl halides is 2. The van der Waals surface area contributed by atoms with Gasteiger partial charge in [0.15, 0.2) is 6.20 Å². The molecule has 164 valence electrons. The van der Waals surface area contributed by atoms with Crippen molar-refractivity contribution in [3.63, 3.8) is 0 Å². The fraction of sp³-hybridized carbons (Fsp3) is 0.577. The van der Waals surface area contributed by atoms with E-state index in [4.69, 9.17) is 0 Å². The van der Waals surface area contributed by atoms with Crippen LogP contribution in [0.2, 0.25) is 19.6 Å². The second-order valence-electron chi connectivity index (χ2n) is 11.3. The molecule has 0 amide bonds. The molecule has 0 spiro atoms. The van der Waals surface area contributed by atoms with Gasteiger partial charge in [-0.05, 0) is 53.5 Å². The third kappa shape index (κ3) is 4.85. The lowest BCUT2D eigenvalue weighted by atomic mass is 9.82. The molecule has 0 radical (unpaired) electrons. The largest absolute Gasteiger partial charge is 0.248 e. The number of halogens is 2. The van der Waals surface area contributed by atoms with Gasteiger partial charge in [-0.25, -0.2) is 13.3 Å². The molecule has 1 aromatic carbocycles. The molecule has 0 aliphatic heterocycles. The highest BCUT2D eigenvalue weighted by Crippen LogP contribution is 2.41. The smallest absolute Gasteiger partial charge is 0.207 e. The molecule has 1 nitrogen and oxygen atoms in total. The van der Waals surface area contributed by atoms with Crippen LogP contribution in [0.4, 0.5) is 8.78 Å². The van der Waals surface area contributed by atoms with Crippen molar-refractivity contribution in [2.75, 3.05) is 0 Å². The Balaban J connectivity index is 2.08. The van der Waals surface area contributed by atoms with E-state index >= 15 is 0 Å². The minimum absolute atomic E-state index is 0.0155. The quantitative estimate of drug-likeness (QED) is 0.380. The number of aromatic nitrogens is 1. The van der Waals surface area contributed by atoms with Crippen molar-refractivity contribution in [2.45, 2.75) is 90.3 Å². The van der Waals surface area contributed by atoms with Crippen LogP contribution in [0.15, 0.2) is 30.5 Å². The Morgan fingerprint density at radius 1 is 1.03 bits per heavy atom. The molecule has 1 aliphatic carbocycles. The molecule has 3 rings (SSSR count). The van der Waals surface area contributed by atoms with Gasteiger partial charge in [0.25, 0.3) is 0 Å². The maximum absolute atomic E-state index is 13.8. The van der Waals surface area contributed by atoms with Crippen LogP contribution < -0.4 is 9.75 Å². The van der Waals surface area contributed by atoms with Gasteiger partial charge in [-0.1, -0.05) is 52.5 Å². The van der Waals surface area contributed by atoms with E-state index in [1.807, 2.05) is 0 Å². The van der Waals surface area contributed by atoms with Gasteiger partial charge in [0.2, 0.25) is 11.6 Å². The molecule has 1 fully saturated rings. The van der Waals surface area contributed by atoms with Gasteiger partial charge in [-0.15, -0.1) is 0 Å². The number of pyridine rings is 1. The van der Waals surface area contributed by atoms with Crippen molar-refractivity contribution >= 4 is 13.3 Å². The first-order valence-corrected chi connectivity index (χ1v) is 14.7. The molecular formula is C26H38F2NSi+. The Labute approximate surface area is 182 Å². The van der Waals surface area contributed by atoms with Gasteiger partial charge >= 0.3 is 0 Å². The van der Waals surface area contributed by atoms with E-state index in [1.165, 1.54) is 33.1 Å². The number of nitrogens with zero attached hydrogens (tertiary/aromatic N) is 1. The molecule has 1 aromatic heterocycles. The van der Waals surface area contributed by atoms with Crippen LogP contribution in [0.1, 0.15) is 69.1 Å². The van der Waals surface area contributed by atoms with Gasteiger partial charge in [0, 0.05) is 30.0 Å². The molecule has 1 saturated carbocycles. The summed E-state index contributed by atoms with van der Waals surface area (Å²) in [5.41, 5.74) is 6.53. The van der Waals surface area contributed by atoms with Crippen molar-refractivity contribution in [3.8, 4) is 11.3 Å². The van der Waals surface area contributed by atoms with Crippen molar-refractivity contribution in [1.29, 1.82) is 0 Å². The molecule has 4 heteroatoms. The lowest BCUT2D eigenvalue weighted by Gasteiger charge is -2.31. The monoisotopic (exact) mass is 430 g/mol. The summed E-state index contributed by atoms with van der Waals surface area (Å²) in [7, 11) is 0.455. The van der Waals surface area contributed by atoms with E-state index in [0.29, 0.717) is 12.8 Å². The van der Waals surface area contributed by atoms with Crippen molar-refractivity contribution in [2.24, 2.45) is 7.05 Å². The summed E-state index contributed by atoms with van der Waals surface area (Å²) < 4.78 is 29.7. The van der Waals surface area contributed by atoms with E-state index in [-0.39, 0.29) is 24.2 Å². The second-order valence-corrected chi connectivity index (χ2v) is 16.3. The zero-order valence-corrected chi connectivity index (χ0v) is 21.0. The Bertz CT molecular complexity index is 925. The van der Waals surface area contributed by atoms with E-state index in [0.717, 1.165) is 0 Å². The molecule has 1 aliphatic rings. The lowest BCUT2D eigenvalue weighted by molar-refractivity contribution is -0.660. The molecule has 0 N–H and O–H groups in total. The van der Waals surface area contributed by atoms with Crippen LogP contribution in [0, 0.1) is 6.92 Å².